The minimum atomic E-state index is 0. The third-order valence-corrected chi connectivity index (χ3v) is 5.61. The Bertz CT molecular complexity index is 738. The molecule has 1 amide bonds. The zero-order chi connectivity index (χ0) is 21.3. The molecule has 0 spiro atoms. The van der Waals surface area contributed by atoms with Crippen molar-refractivity contribution in [2.45, 2.75) is 13.5 Å². The molecular formula is C21H33ClIN5O3. The van der Waals surface area contributed by atoms with Gasteiger partial charge >= 0.3 is 0 Å². The van der Waals surface area contributed by atoms with Gasteiger partial charge in [-0.1, -0.05) is 17.7 Å². The van der Waals surface area contributed by atoms with Crippen LogP contribution in [0.4, 0.5) is 0 Å². The molecule has 174 valence electrons. The molecular weight excluding hydrogens is 533 g/mol. The number of carbonyl (C=O) groups excluding carboxylic acids is 1. The molecule has 2 saturated heterocycles. The maximum absolute atomic E-state index is 12.5. The van der Waals surface area contributed by atoms with E-state index in [0.717, 1.165) is 50.0 Å². The smallest absolute Gasteiger partial charge is 0.236 e. The number of carbonyl (C=O) groups is 1. The molecule has 0 aromatic heterocycles. The van der Waals surface area contributed by atoms with Crippen LogP contribution in [-0.4, -0.2) is 99.2 Å². The molecule has 0 bridgehead atoms. The zero-order valence-electron chi connectivity index (χ0n) is 18.3. The van der Waals surface area contributed by atoms with Crippen LogP contribution in [0.25, 0.3) is 0 Å². The Morgan fingerprint density at radius 2 is 1.87 bits per heavy atom. The van der Waals surface area contributed by atoms with E-state index in [4.69, 9.17) is 26.1 Å². The zero-order valence-corrected chi connectivity index (χ0v) is 21.4. The van der Waals surface area contributed by atoms with Crippen molar-refractivity contribution in [2.24, 2.45) is 4.99 Å². The number of halogens is 2. The second-order valence-corrected chi connectivity index (χ2v) is 7.82. The van der Waals surface area contributed by atoms with Crippen LogP contribution in [0.5, 0.6) is 5.75 Å². The first-order chi connectivity index (χ1) is 14.6. The Kier molecular flexibility index (Phi) is 11.1. The number of morpholine rings is 1. The average Bonchev–Trinajstić information content (AvgIpc) is 2.78. The van der Waals surface area contributed by atoms with Crippen molar-refractivity contribution in [3.8, 4) is 5.75 Å². The molecule has 0 atom stereocenters. The van der Waals surface area contributed by atoms with Gasteiger partial charge in [-0.15, -0.1) is 24.0 Å². The maximum atomic E-state index is 12.5. The van der Waals surface area contributed by atoms with Gasteiger partial charge in [0.25, 0.3) is 0 Å². The molecule has 2 fully saturated rings. The van der Waals surface area contributed by atoms with E-state index in [1.165, 1.54) is 0 Å². The predicted molar refractivity (Wildman–Crippen MR) is 134 cm³/mol. The lowest BCUT2D eigenvalue weighted by atomic mass is 10.2. The number of nitrogens with zero attached hydrogens (tertiary/aromatic N) is 4. The summed E-state index contributed by atoms with van der Waals surface area (Å²) in [5.41, 5.74) is 0.993. The third kappa shape index (κ3) is 7.65. The van der Waals surface area contributed by atoms with E-state index in [1.54, 1.807) is 7.11 Å². The van der Waals surface area contributed by atoms with Crippen LogP contribution in [0.3, 0.4) is 0 Å². The van der Waals surface area contributed by atoms with Crippen LogP contribution in [-0.2, 0) is 16.1 Å². The lowest BCUT2D eigenvalue weighted by molar-refractivity contribution is -0.136. The highest BCUT2D eigenvalue weighted by Gasteiger charge is 2.24. The fraction of sp³-hybridized carbons (Fsp3) is 0.619. The Balaban J connectivity index is 0.00000341. The summed E-state index contributed by atoms with van der Waals surface area (Å²) < 4.78 is 10.8. The molecule has 2 aliphatic heterocycles. The molecule has 0 saturated carbocycles. The van der Waals surface area contributed by atoms with Crippen molar-refractivity contribution < 1.29 is 14.3 Å². The number of piperazine rings is 1. The number of methoxy groups -OCH3 is 1. The third-order valence-electron chi connectivity index (χ3n) is 5.38. The molecule has 0 radical (unpaired) electrons. The van der Waals surface area contributed by atoms with Gasteiger partial charge in [0, 0.05) is 56.4 Å². The van der Waals surface area contributed by atoms with Gasteiger partial charge in [0.05, 0.1) is 33.4 Å². The normalized spacial score (nSPS) is 17.8. The van der Waals surface area contributed by atoms with Gasteiger partial charge in [-0.05, 0) is 19.1 Å². The van der Waals surface area contributed by atoms with Crippen LogP contribution in [0.15, 0.2) is 23.2 Å². The number of guanidine groups is 1. The summed E-state index contributed by atoms with van der Waals surface area (Å²) in [7, 11) is 1.64. The van der Waals surface area contributed by atoms with Gasteiger partial charge < -0.3 is 24.6 Å². The van der Waals surface area contributed by atoms with Gasteiger partial charge in [0.1, 0.15) is 5.75 Å². The molecule has 1 aromatic carbocycles. The Morgan fingerprint density at radius 1 is 1.16 bits per heavy atom. The molecule has 0 unspecified atom stereocenters. The lowest BCUT2D eigenvalue weighted by Gasteiger charge is -2.37. The maximum Gasteiger partial charge on any atom is 0.236 e. The van der Waals surface area contributed by atoms with E-state index in [2.05, 4.69) is 22.0 Å². The molecule has 3 rings (SSSR count). The van der Waals surface area contributed by atoms with E-state index in [9.17, 15) is 4.79 Å². The minimum Gasteiger partial charge on any atom is -0.496 e. The number of amides is 1. The van der Waals surface area contributed by atoms with Gasteiger partial charge in [-0.3, -0.25) is 9.69 Å². The first kappa shape index (κ1) is 26.0. The summed E-state index contributed by atoms with van der Waals surface area (Å²) in [6, 6.07) is 5.61. The van der Waals surface area contributed by atoms with Gasteiger partial charge in [0.2, 0.25) is 5.91 Å². The Hall–Kier alpha value is -1.30. The summed E-state index contributed by atoms with van der Waals surface area (Å²) in [4.78, 5) is 23.7. The van der Waals surface area contributed by atoms with Crippen LogP contribution < -0.4 is 10.1 Å². The summed E-state index contributed by atoms with van der Waals surface area (Å²) in [5.74, 6) is 1.82. The highest BCUT2D eigenvalue weighted by molar-refractivity contribution is 14.0. The topological polar surface area (TPSA) is 69.6 Å². The standard InChI is InChI=1S/C21H32ClN5O3.HI/c1-3-23-21(24-15-17-4-5-18(22)14-19(17)29-2)27-8-6-25(7-9-27)16-20(28)26-10-12-30-13-11-26;/h4-5,14H,3,6-13,15-16H2,1-2H3,(H,23,24);1H. The number of aliphatic imine (C=N–C) groups is 1. The Morgan fingerprint density at radius 3 is 2.52 bits per heavy atom. The molecule has 1 N–H and O–H groups in total. The van der Waals surface area contributed by atoms with Crippen LogP contribution in [0, 0.1) is 0 Å². The van der Waals surface area contributed by atoms with Gasteiger partial charge in [-0.2, -0.15) is 0 Å². The number of ether oxygens (including phenoxy) is 2. The SMILES string of the molecule is CCNC(=NCc1ccc(Cl)cc1OC)N1CCN(CC(=O)N2CCOCC2)CC1.I. The quantitative estimate of drug-likeness (QED) is 0.323. The Labute approximate surface area is 206 Å². The molecule has 2 aliphatic rings. The number of rotatable bonds is 6. The summed E-state index contributed by atoms with van der Waals surface area (Å²) in [5, 5.41) is 4.03. The van der Waals surface area contributed by atoms with Crippen molar-refractivity contribution in [3.63, 3.8) is 0 Å². The van der Waals surface area contributed by atoms with Crippen molar-refractivity contribution in [3.05, 3.63) is 28.8 Å². The lowest BCUT2D eigenvalue weighted by Crippen LogP contribution is -2.54. The first-order valence-electron chi connectivity index (χ1n) is 10.5. The minimum absolute atomic E-state index is 0. The van der Waals surface area contributed by atoms with Crippen LogP contribution in [0.1, 0.15) is 12.5 Å². The number of benzene rings is 1. The number of hydrogen-bond donors (Lipinski definition) is 1. The monoisotopic (exact) mass is 565 g/mol. The van der Waals surface area contributed by atoms with Crippen molar-refractivity contribution in [1.29, 1.82) is 0 Å². The predicted octanol–water partition coefficient (Wildman–Crippen LogP) is 1.91. The van der Waals surface area contributed by atoms with Gasteiger partial charge in [-0.25, -0.2) is 4.99 Å². The fourth-order valence-electron chi connectivity index (χ4n) is 3.66. The molecule has 8 nitrogen and oxygen atoms in total. The van der Waals surface area contributed by atoms with E-state index in [1.807, 2.05) is 23.1 Å². The fourth-order valence-corrected chi connectivity index (χ4v) is 3.82. The van der Waals surface area contributed by atoms with Crippen molar-refractivity contribution >= 4 is 47.4 Å². The summed E-state index contributed by atoms with van der Waals surface area (Å²) >= 11 is 6.05. The second kappa shape index (κ2) is 13.3. The molecule has 0 aliphatic carbocycles. The highest BCUT2D eigenvalue weighted by atomic mass is 127. The number of hydrogen-bond acceptors (Lipinski definition) is 5. The van der Waals surface area contributed by atoms with Crippen LogP contribution in [0.2, 0.25) is 5.02 Å². The van der Waals surface area contributed by atoms with Crippen LogP contribution >= 0.6 is 35.6 Å². The molecule has 2 heterocycles. The van der Waals surface area contributed by atoms with Gasteiger partial charge in [0.15, 0.2) is 5.96 Å². The van der Waals surface area contributed by atoms with E-state index in [-0.39, 0.29) is 29.9 Å². The summed E-state index contributed by atoms with van der Waals surface area (Å²) in [6.07, 6.45) is 0. The van der Waals surface area contributed by atoms with E-state index in [0.29, 0.717) is 44.4 Å². The first-order valence-corrected chi connectivity index (χ1v) is 10.9. The van der Waals surface area contributed by atoms with E-state index < -0.39 is 0 Å². The molecule has 10 heteroatoms. The average molecular weight is 566 g/mol. The van der Waals surface area contributed by atoms with Crippen molar-refractivity contribution in [2.75, 3.05) is 72.7 Å². The highest BCUT2D eigenvalue weighted by Crippen LogP contribution is 2.23. The van der Waals surface area contributed by atoms with E-state index >= 15 is 0 Å². The molecule has 1 aromatic rings. The summed E-state index contributed by atoms with van der Waals surface area (Å²) in [6.45, 7) is 9.87. The second-order valence-electron chi connectivity index (χ2n) is 7.38. The molecule has 31 heavy (non-hydrogen) atoms. The number of nitrogens with one attached hydrogen (secondary N) is 1. The largest absolute Gasteiger partial charge is 0.496 e. The van der Waals surface area contributed by atoms with Crippen molar-refractivity contribution in [1.82, 2.24) is 20.0 Å².